The number of ether oxygens (including phenoxy) is 1. The fourth-order valence-electron chi connectivity index (χ4n) is 2.17. The maximum absolute atomic E-state index is 5.55. The molecule has 0 radical (unpaired) electrons. The Morgan fingerprint density at radius 2 is 2.26 bits per heavy atom. The predicted molar refractivity (Wildman–Crippen MR) is 71.2 cm³/mol. The van der Waals surface area contributed by atoms with Gasteiger partial charge in [0.2, 0.25) is 0 Å². The molecule has 19 heavy (non-hydrogen) atoms. The first-order valence-electron chi connectivity index (χ1n) is 6.14. The van der Waals surface area contributed by atoms with Crippen molar-refractivity contribution in [1.82, 2.24) is 15.0 Å². The van der Waals surface area contributed by atoms with Gasteiger partial charge in [0.1, 0.15) is 5.82 Å². The molecule has 0 aromatic carbocycles. The quantitative estimate of drug-likeness (QED) is 0.621. The zero-order chi connectivity index (χ0) is 13.2. The summed E-state index contributed by atoms with van der Waals surface area (Å²) in [6, 6.07) is 1.94. The van der Waals surface area contributed by atoms with Gasteiger partial charge in [-0.15, -0.1) is 0 Å². The zero-order valence-corrected chi connectivity index (χ0v) is 10.7. The molecular weight excluding hydrogens is 242 g/mol. The van der Waals surface area contributed by atoms with E-state index in [1.54, 1.807) is 12.4 Å². The van der Waals surface area contributed by atoms with Crippen LogP contribution in [0, 0.1) is 6.92 Å². The third-order valence-corrected chi connectivity index (χ3v) is 3.24. The third kappa shape index (κ3) is 2.16. The molecule has 0 unspecified atom stereocenters. The highest BCUT2D eigenvalue weighted by molar-refractivity contribution is 5.62. The van der Waals surface area contributed by atoms with Crippen LogP contribution in [0.5, 0.6) is 0 Å². The lowest BCUT2D eigenvalue weighted by atomic mass is 10.1. The highest BCUT2D eigenvalue weighted by Crippen LogP contribution is 2.26. The molecule has 1 aliphatic rings. The number of hydrogen-bond acceptors (Lipinski definition) is 6. The first-order valence-corrected chi connectivity index (χ1v) is 6.14. The van der Waals surface area contributed by atoms with Crippen molar-refractivity contribution in [2.75, 3.05) is 12.0 Å². The van der Waals surface area contributed by atoms with Crippen LogP contribution in [-0.2, 0) is 17.8 Å². The van der Waals surface area contributed by atoms with E-state index in [1.165, 1.54) is 0 Å². The Bertz CT molecular complexity index is 597. The molecule has 2 aromatic heterocycles. The molecule has 3 heterocycles. The van der Waals surface area contributed by atoms with Gasteiger partial charge in [0, 0.05) is 29.9 Å². The molecule has 0 aliphatic carbocycles. The van der Waals surface area contributed by atoms with E-state index in [9.17, 15) is 0 Å². The van der Waals surface area contributed by atoms with Gasteiger partial charge < -0.3 is 10.2 Å². The number of aromatic nitrogens is 3. The number of aryl methyl sites for hydroxylation is 1. The van der Waals surface area contributed by atoms with Crippen LogP contribution >= 0.6 is 0 Å². The van der Waals surface area contributed by atoms with Crippen LogP contribution in [-0.4, -0.2) is 21.6 Å². The number of fused-ring (bicyclic) bond motifs is 1. The normalized spacial score (nSPS) is 14.0. The Balaban J connectivity index is 2.15. The van der Waals surface area contributed by atoms with Crippen LogP contribution in [0.15, 0.2) is 18.5 Å². The van der Waals surface area contributed by atoms with Gasteiger partial charge in [-0.05, 0) is 18.6 Å². The van der Waals surface area contributed by atoms with E-state index in [0.29, 0.717) is 24.9 Å². The van der Waals surface area contributed by atoms with E-state index < -0.39 is 0 Å². The molecule has 1 aliphatic heterocycles. The van der Waals surface area contributed by atoms with E-state index in [2.05, 4.69) is 20.4 Å². The van der Waals surface area contributed by atoms with Gasteiger partial charge in [0.25, 0.3) is 0 Å². The number of nitrogen functional groups attached to an aromatic ring is 1. The van der Waals surface area contributed by atoms with E-state index in [4.69, 9.17) is 10.6 Å². The molecule has 3 rings (SSSR count). The molecule has 6 nitrogen and oxygen atoms in total. The zero-order valence-electron chi connectivity index (χ0n) is 10.7. The first-order chi connectivity index (χ1) is 9.29. The van der Waals surface area contributed by atoms with Gasteiger partial charge in [-0.2, -0.15) is 0 Å². The molecule has 98 valence electrons. The molecule has 2 aromatic rings. The second kappa shape index (κ2) is 4.91. The summed E-state index contributed by atoms with van der Waals surface area (Å²) in [6.45, 7) is 3.19. The number of pyridine rings is 1. The fourth-order valence-corrected chi connectivity index (χ4v) is 2.17. The SMILES string of the molecule is Cc1ccncc1-c1nc2c(c(NN)n1)COCC2. The average molecular weight is 257 g/mol. The van der Waals surface area contributed by atoms with Crippen molar-refractivity contribution < 1.29 is 4.74 Å². The van der Waals surface area contributed by atoms with Crippen molar-refractivity contribution in [3.05, 3.63) is 35.3 Å². The van der Waals surface area contributed by atoms with Crippen molar-refractivity contribution in [2.45, 2.75) is 20.0 Å². The Morgan fingerprint density at radius 3 is 3.05 bits per heavy atom. The van der Waals surface area contributed by atoms with Crippen molar-refractivity contribution in [2.24, 2.45) is 5.84 Å². The summed E-state index contributed by atoms with van der Waals surface area (Å²) in [6.07, 6.45) is 4.31. The van der Waals surface area contributed by atoms with Crippen LogP contribution in [0.2, 0.25) is 0 Å². The second-order valence-electron chi connectivity index (χ2n) is 4.46. The lowest BCUT2D eigenvalue weighted by molar-refractivity contribution is 0.109. The number of hydrogen-bond donors (Lipinski definition) is 2. The minimum absolute atomic E-state index is 0.501. The van der Waals surface area contributed by atoms with Crippen LogP contribution < -0.4 is 11.3 Å². The summed E-state index contributed by atoms with van der Waals surface area (Å²) in [5.74, 6) is 6.83. The van der Waals surface area contributed by atoms with Gasteiger partial charge in [0.15, 0.2) is 5.82 Å². The second-order valence-corrected chi connectivity index (χ2v) is 4.46. The molecule has 0 saturated heterocycles. The van der Waals surface area contributed by atoms with Gasteiger partial charge >= 0.3 is 0 Å². The lowest BCUT2D eigenvalue weighted by Gasteiger charge is -2.19. The summed E-state index contributed by atoms with van der Waals surface area (Å²) in [5, 5.41) is 0. The van der Waals surface area contributed by atoms with Gasteiger partial charge in [-0.25, -0.2) is 15.8 Å². The lowest BCUT2D eigenvalue weighted by Crippen LogP contribution is -2.19. The smallest absolute Gasteiger partial charge is 0.163 e. The Hall–Kier alpha value is -2.05. The maximum Gasteiger partial charge on any atom is 0.163 e. The highest BCUT2D eigenvalue weighted by atomic mass is 16.5. The standard InChI is InChI=1S/C13H15N5O/c1-8-2-4-15-6-9(8)12-16-11-3-5-19-7-10(11)13(17-12)18-14/h2,4,6H,3,5,7,14H2,1H3,(H,16,17,18). The highest BCUT2D eigenvalue weighted by Gasteiger charge is 2.19. The summed E-state index contributed by atoms with van der Waals surface area (Å²) >= 11 is 0. The van der Waals surface area contributed by atoms with Crippen molar-refractivity contribution in [3.8, 4) is 11.4 Å². The Labute approximate surface area is 111 Å². The van der Waals surface area contributed by atoms with Crippen molar-refractivity contribution >= 4 is 5.82 Å². The molecule has 0 amide bonds. The van der Waals surface area contributed by atoms with Crippen molar-refractivity contribution in [1.29, 1.82) is 0 Å². The van der Waals surface area contributed by atoms with E-state index in [0.717, 1.165) is 28.8 Å². The van der Waals surface area contributed by atoms with Crippen LogP contribution in [0.4, 0.5) is 5.82 Å². The number of nitrogens with two attached hydrogens (primary N) is 1. The number of hydrazine groups is 1. The largest absolute Gasteiger partial charge is 0.376 e. The van der Waals surface area contributed by atoms with Crippen LogP contribution in [0.25, 0.3) is 11.4 Å². The first kappa shape index (κ1) is 12.0. The molecule has 0 fully saturated rings. The van der Waals surface area contributed by atoms with E-state index in [1.807, 2.05) is 13.0 Å². The van der Waals surface area contributed by atoms with Gasteiger partial charge in [-0.1, -0.05) is 0 Å². The van der Waals surface area contributed by atoms with Gasteiger partial charge in [-0.3, -0.25) is 4.98 Å². The fraction of sp³-hybridized carbons (Fsp3) is 0.308. The van der Waals surface area contributed by atoms with Crippen molar-refractivity contribution in [3.63, 3.8) is 0 Å². The summed E-state index contributed by atoms with van der Waals surface area (Å²) in [7, 11) is 0. The molecule has 0 atom stereocenters. The number of nitrogens with zero attached hydrogens (tertiary/aromatic N) is 3. The molecule has 6 heteroatoms. The Kier molecular flexibility index (Phi) is 3.10. The summed E-state index contributed by atoms with van der Waals surface area (Å²) < 4.78 is 5.42. The van der Waals surface area contributed by atoms with Crippen LogP contribution in [0.1, 0.15) is 16.8 Å². The average Bonchev–Trinajstić information content (AvgIpc) is 2.46. The van der Waals surface area contributed by atoms with E-state index in [-0.39, 0.29) is 0 Å². The van der Waals surface area contributed by atoms with Gasteiger partial charge in [0.05, 0.1) is 18.9 Å². The molecule has 0 saturated carbocycles. The molecule has 0 spiro atoms. The number of nitrogens with one attached hydrogen (secondary N) is 1. The van der Waals surface area contributed by atoms with Crippen LogP contribution in [0.3, 0.4) is 0 Å². The summed E-state index contributed by atoms with van der Waals surface area (Å²) in [4.78, 5) is 13.2. The molecular formula is C13H15N5O. The molecule has 3 N–H and O–H groups in total. The number of rotatable bonds is 2. The van der Waals surface area contributed by atoms with E-state index >= 15 is 0 Å². The Morgan fingerprint density at radius 1 is 1.37 bits per heavy atom. The monoisotopic (exact) mass is 257 g/mol. The third-order valence-electron chi connectivity index (χ3n) is 3.24. The number of anilines is 1. The minimum atomic E-state index is 0.501. The summed E-state index contributed by atoms with van der Waals surface area (Å²) in [5.41, 5.74) is 6.58. The predicted octanol–water partition coefficient (Wildman–Crippen LogP) is 1.21. The molecule has 0 bridgehead atoms. The minimum Gasteiger partial charge on any atom is -0.376 e. The topological polar surface area (TPSA) is 86.0 Å². The maximum atomic E-state index is 5.55.